The number of carboxylic acids is 1. The van der Waals surface area contributed by atoms with Crippen LogP contribution in [-0.4, -0.2) is 35.0 Å². The summed E-state index contributed by atoms with van der Waals surface area (Å²) in [5, 5.41) is 8.76. The van der Waals surface area contributed by atoms with Crippen molar-refractivity contribution in [1.29, 1.82) is 0 Å². The quantitative estimate of drug-likeness (QED) is 0.722. The third-order valence-electron chi connectivity index (χ3n) is 3.07. The minimum atomic E-state index is -0.840. The lowest BCUT2D eigenvalue weighted by Gasteiger charge is -2.15. The van der Waals surface area contributed by atoms with Crippen LogP contribution < -0.4 is 0 Å². The third kappa shape index (κ3) is 2.05. The number of likely N-dealkylation sites (tertiary alicyclic amines) is 1. The summed E-state index contributed by atoms with van der Waals surface area (Å²) in [7, 11) is 0. The first-order chi connectivity index (χ1) is 6.66. The van der Waals surface area contributed by atoms with E-state index in [0.717, 1.165) is 18.9 Å². The number of amides is 1. The lowest BCUT2D eigenvalue weighted by molar-refractivity contribution is -0.141. The van der Waals surface area contributed by atoms with E-state index in [2.05, 4.69) is 0 Å². The molecule has 1 atom stereocenters. The molecule has 2 aliphatic rings. The molecule has 1 N–H and O–H groups in total. The molecule has 1 saturated carbocycles. The highest BCUT2D eigenvalue weighted by atomic mass is 16.4. The molecule has 1 heterocycles. The Morgan fingerprint density at radius 1 is 1.50 bits per heavy atom. The molecule has 4 heteroatoms. The van der Waals surface area contributed by atoms with Gasteiger partial charge in [0.25, 0.3) is 0 Å². The fourth-order valence-corrected chi connectivity index (χ4v) is 1.90. The Kier molecular flexibility index (Phi) is 2.44. The molecule has 1 aliphatic carbocycles. The number of nitrogens with zero attached hydrogens (tertiary/aromatic N) is 1. The third-order valence-corrected chi connectivity index (χ3v) is 3.07. The van der Waals surface area contributed by atoms with Crippen molar-refractivity contribution in [2.24, 2.45) is 11.8 Å². The van der Waals surface area contributed by atoms with Crippen LogP contribution in [-0.2, 0) is 9.59 Å². The number of rotatable bonds is 4. The van der Waals surface area contributed by atoms with Gasteiger partial charge in [0.2, 0.25) is 5.91 Å². The van der Waals surface area contributed by atoms with Gasteiger partial charge in [0, 0.05) is 19.5 Å². The molecule has 1 saturated heterocycles. The van der Waals surface area contributed by atoms with E-state index in [0.29, 0.717) is 6.54 Å². The second-order valence-electron chi connectivity index (χ2n) is 4.31. The number of hydrogen-bond acceptors (Lipinski definition) is 2. The zero-order valence-electron chi connectivity index (χ0n) is 8.11. The molecule has 1 amide bonds. The molecule has 2 rings (SSSR count). The maximum absolute atomic E-state index is 11.4. The zero-order valence-corrected chi connectivity index (χ0v) is 8.11. The van der Waals surface area contributed by atoms with E-state index < -0.39 is 11.9 Å². The van der Waals surface area contributed by atoms with Crippen LogP contribution in [0.5, 0.6) is 0 Å². The number of carboxylic acid groups (broad SMARTS) is 1. The van der Waals surface area contributed by atoms with Crippen LogP contribution in [0.1, 0.15) is 25.7 Å². The fraction of sp³-hybridized carbons (Fsp3) is 0.800. The molecule has 4 nitrogen and oxygen atoms in total. The molecule has 0 bridgehead atoms. The Hall–Kier alpha value is -1.06. The van der Waals surface area contributed by atoms with Gasteiger partial charge in [-0.1, -0.05) is 12.8 Å². The van der Waals surface area contributed by atoms with Crippen molar-refractivity contribution in [3.8, 4) is 0 Å². The lowest BCUT2D eigenvalue weighted by Crippen LogP contribution is -2.27. The van der Waals surface area contributed by atoms with Crippen molar-refractivity contribution in [2.45, 2.75) is 25.7 Å². The van der Waals surface area contributed by atoms with Gasteiger partial charge in [-0.15, -0.1) is 0 Å². The molecule has 0 spiro atoms. The molecule has 0 aromatic rings. The second kappa shape index (κ2) is 3.59. The minimum absolute atomic E-state index is 0.0121. The first kappa shape index (κ1) is 9.49. The zero-order chi connectivity index (χ0) is 10.1. The molecule has 1 unspecified atom stereocenters. The highest BCUT2D eigenvalue weighted by molar-refractivity contribution is 5.86. The molecule has 0 radical (unpaired) electrons. The number of aliphatic carboxylic acids is 1. The molecule has 0 aromatic carbocycles. The first-order valence-electron chi connectivity index (χ1n) is 5.17. The van der Waals surface area contributed by atoms with Crippen molar-refractivity contribution >= 4 is 11.9 Å². The van der Waals surface area contributed by atoms with Crippen LogP contribution >= 0.6 is 0 Å². The maximum atomic E-state index is 11.4. The van der Waals surface area contributed by atoms with Crippen molar-refractivity contribution < 1.29 is 14.7 Å². The van der Waals surface area contributed by atoms with Crippen LogP contribution in [0.3, 0.4) is 0 Å². The van der Waals surface area contributed by atoms with Gasteiger partial charge in [-0.25, -0.2) is 0 Å². The molecule has 2 fully saturated rings. The topological polar surface area (TPSA) is 57.6 Å². The summed E-state index contributed by atoms with van der Waals surface area (Å²) in [4.78, 5) is 23.8. The summed E-state index contributed by atoms with van der Waals surface area (Å²) in [5.74, 6) is -0.501. The minimum Gasteiger partial charge on any atom is -0.481 e. The van der Waals surface area contributed by atoms with Crippen LogP contribution in [0.4, 0.5) is 0 Å². The van der Waals surface area contributed by atoms with Crippen LogP contribution in [0, 0.1) is 11.8 Å². The average Bonchev–Trinajstić information content (AvgIpc) is 2.87. The Bertz CT molecular complexity index is 260. The average molecular weight is 197 g/mol. The van der Waals surface area contributed by atoms with Crippen molar-refractivity contribution in [3.05, 3.63) is 0 Å². The van der Waals surface area contributed by atoms with Crippen molar-refractivity contribution in [3.63, 3.8) is 0 Å². The number of carbonyl (C=O) groups is 2. The Morgan fingerprint density at radius 3 is 2.71 bits per heavy atom. The highest BCUT2D eigenvalue weighted by Crippen LogP contribution is 2.33. The van der Waals surface area contributed by atoms with Gasteiger partial charge in [0.05, 0.1) is 5.92 Å². The molecule has 0 aromatic heterocycles. The van der Waals surface area contributed by atoms with Gasteiger partial charge in [-0.2, -0.15) is 0 Å². The largest absolute Gasteiger partial charge is 0.481 e. The van der Waals surface area contributed by atoms with Crippen LogP contribution in [0.25, 0.3) is 0 Å². The summed E-state index contributed by atoms with van der Waals surface area (Å²) in [6.45, 7) is 1.17. The predicted octanol–water partition coefficient (Wildman–Crippen LogP) is 0.720. The van der Waals surface area contributed by atoms with Crippen molar-refractivity contribution in [2.75, 3.05) is 13.1 Å². The SMILES string of the molecule is O=C(O)C1CC(=O)N(CCC2CC2)C1. The van der Waals surface area contributed by atoms with Crippen LogP contribution in [0.2, 0.25) is 0 Å². The van der Waals surface area contributed by atoms with Gasteiger partial charge >= 0.3 is 5.97 Å². The van der Waals surface area contributed by atoms with E-state index in [1.807, 2.05) is 0 Å². The second-order valence-corrected chi connectivity index (χ2v) is 4.31. The summed E-state index contributed by atoms with van der Waals surface area (Å²) in [6, 6.07) is 0. The van der Waals surface area contributed by atoms with Crippen LogP contribution in [0.15, 0.2) is 0 Å². The van der Waals surface area contributed by atoms with Gasteiger partial charge in [0.15, 0.2) is 0 Å². The summed E-state index contributed by atoms with van der Waals surface area (Å²) in [6.07, 6.45) is 3.81. The Morgan fingerprint density at radius 2 is 2.21 bits per heavy atom. The number of carbonyl (C=O) groups excluding carboxylic acids is 1. The first-order valence-corrected chi connectivity index (χ1v) is 5.17. The van der Waals surface area contributed by atoms with E-state index in [1.54, 1.807) is 4.90 Å². The van der Waals surface area contributed by atoms with E-state index in [-0.39, 0.29) is 12.3 Å². The smallest absolute Gasteiger partial charge is 0.308 e. The molecule has 78 valence electrons. The van der Waals surface area contributed by atoms with E-state index in [4.69, 9.17) is 5.11 Å². The molecule has 14 heavy (non-hydrogen) atoms. The predicted molar refractivity (Wildman–Crippen MR) is 49.7 cm³/mol. The number of hydrogen-bond donors (Lipinski definition) is 1. The molecule has 1 aliphatic heterocycles. The highest BCUT2D eigenvalue weighted by Gasteiger charge is 2.34. The normalized spacial score (nSPS) is 27.0. The summed E-state index contributed by atoms with van der Waals surface area (Å²) < 4.78 is 0. The van der Waals surface area contributed by atoms with Gasteiger partial charge in [-0.3, -0.25) is 9.59 Å². The van der Waals surface area contributed by atoms with Gasteiger partial charge < -0.3 is 10.0 Å². The maximum Gasteiger partial charge on any atom is 0.308 e. The van der Waals surface area contributed by atoms with Gasteiger partial charge in [-0.05, 0) is 12.3 Å². The monoisotopic (exact) mass is 197 g/mol. The van der Waals surface area contributed by atoms with E-state index in [9.17, 15) is 9.59 Å². The lowest BCUT2D eigenvalue weighted by atomic mass is 10.1. The molecular weight excluding hydrogens is 182 g/mol. The Labute approximate surface area is 82.9 Å². The summed E-state index contributed by atoms with van der Waals surface area (Å²) in [5.41, 5.74) is 0. The summed E-state index contributed by atoms with van der Waals surface area (Å²) >= 11 is 0. The fourth-order valence-electron chi connectivity index (χ4n) is 1.90. The standard InChI is InChI=1S/C10H15NO3/c12-9-5-8(10(13)14)6-11(9)4-3-7-1-2-7/h7-8H,1-6H2,(H,13,14). The van der Waals surface area contributed by atoms with E-state index >= 15 is 0 Å². The molecular formula is C10H15NO3. The van der Waals surface area contributed by atoms with Gasteiger partial charge in [0.1, 0.15) is 0 Å². The van der Waals surface area contributed by atoms with Crippen molar-refractivity contribution in [1.82, 2.24) is 4.90 Å². The Balaban J connectivity index is 1.80. The van der Waals surface area contributed by atoms with E-state index in [1.165, 1.54) is 12.8 Å².